The predicted octanol–water partition coefficient (Wildman–Crippen LogP) is 5.64. The lowest BCUT2D eigenvalue weighted by Gasteiger charge is -2.36. The van der Waals surface area contributed by atoms with Crippen LogP contribution in [-0.4, -0.2) is 65.7 Å². The third-order valence-electron chi connectivity index (χ3n) is 9.06. The zero-order valence-corrected chi connectivity index (χ0v) is 25.5. The Morgan fingerprint density at radius 3 is 1.43 bits per heavy atom. The van der Waals surface area contributed by atoms with Gasteiger partial charge in [-0.3, -0.25) is 0 Å². The molecule has 0 spiro atoms. The number of unbranched alkanes of at least 4 members (excludes halogenated alkanes) is 12. The van der Waals surface area contributed by atoms with E-state index < -0.39 is 0 Å². The lowest BCUT2D eigenvalue weighted by atomic mass is 9.81. The first-order chi connectivity index (χ1) is 18.3. The van der Waals surface area contributed by atoms with Gasteiger partial charge in [-0.25, -0.2) is 0 Å². The normalized spacial score (nSPS) is 17.4. The van der Waals surface area contributed by atoms with Crippen LogP contribution in [-0.2, 0) is 9.47 Å². The molecule has 2 aliphatic heterocycles. The molecule has 0 amide bonds. The molecule has 0 aliphatic carbocycles. The van der Waals surface area contributed by atoms with Gasteiger partial charge in [-0.1, -0.05) is 90.9 Å². The monoisotopic (exact) mass is 525 g/mol. The highest BCUT2D eigenvalue weighted by Crippen LogP contribution is 2.25. The van der Waals surface area contributed by atoms with Crippen LogP contribution >= 0.6 is 0 Å². The quantitative estimate of drug-likeness (QED) is 0.143. The Hall–Kier alpha value is -0.160. The molecule has 2 heterocycles. The average Bonchev–Trinajstić information content (AvgIpc) is 3.61. The lowest BCUT2D eigenvalue weighted by Crippen LogP contribution is -3.15. The van der Waals surface area contributed by atoms with Crippen molar-refractivity contribution in [2.45, 2.75) is 142 Å². The Bertz CT molecular complexity index is 445. The van der Waals surface area contributed by atoms with Crippen LogP contribution in [0.5, 0.6) is 0 Å². The van der Waals surface area contributed by atoms with Gasteiger partial charge in [-0.05, 0) is 25.7 Å². The number of rotatable bonds is 26. The van der Waals surface area contributed by atoms with Crippen LogP contribution in [0.25, 0.3) is 0 Å². The maximum absolute atomic E-state index is 6.56. The summed E-state index contributed by atoms with van der Waals surface area (Å²) in [4.78, 5) is 3.74. The van der Waals surface area contributed by atoms with Crippen LogP contribution in [0.4, 0.5) is 0 Å². The summed E-state index contributed by atoms with van der Waals surface area (Å²) >= 11 is 0. The van der Waals surface area contributed by atoms with Gasteiger partial charge in [0, 0.05) is 45.5 Å². The van der Waals surface area contributed by atoms with Crippen molar-refractivity contribution in [2.75, 3.05) is 65.7 Å². The van der Waals surface area contributed by atoms with Gasteiger partial charge in [0.1, 0.15) is 0 Å². The first kappa shape index (κ1) is 33.0. The van der Waals surface area contributed by atoms with Gasteiger partial charge in [0.05, 0.1) is 51.3 Å². The van der Waals surface area contributed by atoms with Gasteiger partial charge in [-0.15, -0.1) is 0 Å². The Balaban J connectivity index is 1.75. The third-order valence-corrected chi connectivity index (χ3v) is 9.06. The molecule has 2 fully saturated rings. The highest BCUT2D eigenvalue weighted by Gasteiger charge is 2.40. The average molecular weight is 525 g/mol. The second-order valence-corrected chi connectivity index (χ2v) is 12.8. The summed E-state index contributed by atoms with van der Waals surface area (Å²) in [7, 11) is 0. The molecule has 0 aromatic heterocycles. The minimum Gasteiger partial charge on any atom is -0.381 e. The van der Waals surface area contributed by atoms with Crippen LogP contribution < -0.4 is 9.80 Å². The number of likely N-dealkylation sites (tertiary alicyclic amines) is 2. The molecule has 2 aliphatic rings. The number of hydrogen-bond donors (Lipinski definition) is 2. The van der Waals surface area contributed by atoms with Crippen LogP contribution in [0.15, 0.2) is 0 Å². The molecule has 2 rings (SSSR count). The van der Waals surface area contributed by atoms with Crippen molar-refractivity contribution in [1.29, 1.82) is 0 Å². The number of quaternary nitrogens is 2. The molecule has 2 N–H and O–H groups in total. The molecule has 0 bridgehead atoms. The highest BCUT2D eigenvalue weighted by atomic mass is 16.5. The number of ether oxygens (including phenoxy) is 2. The van der Waals surface area contributed by atoms with Gasteiger partial charge in [0.25, 0.3) is 0 Å². The van der Waals surface area contributed by atoms with E-state index in [4.69, 9.17) is 9.47 Å². The molecule has 0 aromatic carbocycles. The van der Waals surface area contributed by atoms with Crippen molar-refractivity contribution in [1.82, 2.24) is 0 Å². The van der Waals surface area contributed by atoms with E-state index in [1.807, 2.05) is 9.80 Å². The molecule has 220 valence electrons. The minimum atomic E-state index is 0.385. The predicted molar refractivity (Wildman–Crippen MR) is 159 cm³/mol. The molecule has 2 saturated heterocycles. The van der Waals surface area contributed by atoms with Gasteiger partial charge in [0.2, 0.25) is 0 Å². The smallest absolute Gasteiger partial charge is 0.0914 e. The van der Waals surface area contributed by atoms with Crippen molar-refractivity contribution < 1.29 is 19.3 Å². The molecule has 0 radical (unpaired) electrons. The standard InChI is InChI=1S/C33H66N2O2/c1-3-5-7-8-9-10-12-21-29-37-32-33(30-34-23-15-16-24-34,31-35-25-17-18-26-35)22-14-11-13-20-28-36-27-19-6-4-2/h3-32H2,1-2H3/p+2. The molecular weight excluding hydrogens is 456 g/mol. The van der Waals surface area contributed by atoms with Crippen molar-refractivity contribution >= 4 is 0 Å². The fraction of sp³-hybridized carbons (Fsp3) is 1.00. The molecule has 37 heavy (non-hydrogen) atoms. The molecule has 0 unspecified atom stereocenters. The minimum absolute atomic E-state index is 0.385. The summed E-state index contributed by atoms with van der Waals surface area (Å²) in [5, 5.41) is 0. The van der Waals surface area contributed by atoms with Crippen LogP contribution in [0.1, 0.15) is 142 Å². The Morgan fingerprint density at radius 1 is 0.486 bits per heavy atom. The first-order valence-corrected chi connectivity index (χ1v) is 17.1. The van der Waals surface area contributed by atoms with Gasteiger partial charge < -0.3 is 19.3 Å². The fourth-order valence-electron chi connectivity index (χ4n) is 6.82. The van der Waals surface area contributed by atoms with E-state index in [0.29, 0.717) is 5.41 Å². The maximum atomic E-state index is 6.56. The summed E-state index contributed by atoms with van der Waals surface area (Å²) in [5.74, 6) is 0. The van der Waals surface area contributed by atoms with Crippen molar-refractivity contribution in [3.63, 3.8) is 0 Å². The maximum Gasteiger partial charge on any atom is 0.0914 e. The van der Waals surface area contributed by atoms with Crippen LogP contribution in [0.3, 0.4) is 0 Å². The SMILES string of the molecule is CCCCCCCCCCOCC(CCCCCCOCCCCC)(C[NH+]1CCCC1)C[NH+]1CCCC1. The highest BCUT2D eigenvalue weighted by molar-refractivity contribution is 4.79. The van der Waals surface area contributed by atoms with E-state index in [1.165, 1.54) is 168 Å². The second-order valence-electron chi connectivity index (χ2n) is 12.8. The molecule has 0 atom stereocenters. The third kappa shape index (κ3) is 16.5. The summed E-state index contributed by atoms with van der Waals surface area (Å²) < 4.78 is 12.4. The molecule has 0 saturated carbocycles. The van der Waals surface area contributed by atoms with E-state index >= 15 is 0 Å². The Morgan fingerprint density at radius 2 is 0.892 bits per heavy atom. The fourth-order valence-corrected chi connectivity index (χ4v) is 6.82. The number of hydrogen-bond acceptors (Lipinski definition) is 2. The molecular formula is C33H68N2O2+2. The van der Waals surface area contributed by atoms with Crippen LogP contribution in [0, 0.1) is 5.41 Å². The first-order valence-electron chi connectivity index (χ1n) is 17.1. The molecule has 4 heteroatoms. The molecule has 0 aromatic rings. The van der Waals surface area contributed by atoms with Crippen molar-refractivity contribution in [3.8, 4) is 0 Å². The zero-order chi connectivity index (χ0) is 26.3. The van der Waals surface area contributed by atoms with Crippen molar-refractivity contribution in [2.24, 2.45) is 5.41 Å². The van der Waals surface area contributed by atoms with E-state index in [0.717, 1.165) is 26.4 Å². The van der Waals surface area contributed by atoms with Crippen molar-refractivity contribution in [3.05, 3.63) is 0 Å². The van der Waals surface area contributed by atoms with E-state index in [-0.39, 0.29) is 0 Å². The van der Waals surface area contributed by atoms with E-state index in [9.17, 15) is 0 Å². The van der Waals surface area contributed by atoms with Gasteiger partial charge in [0.15, 0.2) is 0 Å². The summed E-state index contributed by atoms with van der Waals surface area (Å²) in [6.45, 7) is 16.8. The Kier molecular flexibility index (Phi) is 20.2. The largest absolute Gasteiger partial charge is 0.381 e. The second kappa shape index (κ2) is 22.6. The topological polar surface area (TPSA) is 27.3 Å². The summed E-state index contributed by atoms with van der Waals surface area (Å²) in [5.41, 5.74) is 0.385. The summed E-state index contributed by atoms with van der Waals surface area (Å²) in [6.07, 6.45) is 27.3. The molecule has 4 nitrogen and oxygen atoms in total. The Labute approximate surface area is 232 Å². The van der Waals surface area contributed by atoms with Gasteiger partial charge in [-0.2, -0.15) is 0 Å². The van der Waals surface area contributed by atoms with E-state index in [1.54, 1.807) is 0 Å². The van der Waals surface area contributed by atoms with Crippen LogP contribution in [0.2, 0.25) is 0 Å². The number of nitrogens with one attached hydrogen (secondary N) is 2. The lowest BCUT2D eigenvalue weighted by molar-refractivity contribution is -0.920. The van der Waals surface area contributed by atoms with Gasteiger partial charge >= 0.3 is 0 Å². The van der Waals surface area contributed by atoms with E-state index in [2.05, 4.69) is 13.8 Å². The summed E-state index contributed by atoms with van der Waals surface area (Å²) in [6, 6.07) is 0. The zero-order valence-electron chi connectivity index (χ0n) is 25.5.